The van der Waals surface area contributed by atoms with E-state index in [1.807, 2.05) is 37.3 Å². The number of pyridine rings is 1. The molecule has 7 nitrogen and oxygen atoms in total. The average molecular weight is 529 g/mol. The van der Waals surface area contributed by atoms with Gasteiger partial charge in [-0.25, -0.2) is 9.98 Å². The highest BCUT2D eigenvalue weighted by Crippen LogP contribution is 2.40. The van der Waals surface area contributed by atoms with Crippen molar-refractivity contribution in [1.82, 2.24) is 9.88 Å². The SMILES string of the molecule is C[C@@]1(c2cccc(Cc3cc4ccccc4nc3OC(F)F)c2Cl)CC(=O)N(C2CCOCC2)C(N)=N1. The fraction of sp³-hybridized carbons (Fsp3) is 0.370. The third-order valence-corrected chi connectivity index (χ3v) is 7.38. The highest BCUT2D eigenvalue weighted by molar-refractivity contribution is 6.32. The molecule has 0 bridgehead atoms. The highest BCUT2D eigenvalue weighted by Gasteiger charge is 2.41. The van der Waals surface area contributed by atoms with Gasteiger partial charge in [0, 0.05) is 41.6 Å². The first-order valence-electron chi connectivity index (χ1n) is 12.1. The van der Waals surface area contributed by atoms with E-state index in [0.29, 0.717) is 53.3 Å². The maximum absolute atomic E-state index is 13.2. The Kier molecular flexibility index (Phi) is 7.00. The molecule has 10 heteroatoms. The first-order chi connectivity index (χ1) is 17.7. The molecule has 0 aliphatic carbocycles. The van der Waals surface area contributed by atoms with Gasteiger partial charge in [-0.2, -0.15) is 8.78 Å². The fourth-order valence-electron chi connectivity index (χ4n) is 5.14. The standard InChI is InChI=1S/C27H27ClF2N4O3/c1-27(15-22(35)34(26(31)33-27)19-9-11-36-12-10-19)20-7-4-6-17(23(20)28)14-18-13-16-5-2-3-8-21(16)32-24(18)37-25(29)30/h2-8,13,19,25H,9-12,14-15H2,1H3,(H2,31,33)/t27-/m0/s1. The normalized spacial score (nSPS) is 20.9. The number of ether oxygens (including phenoxy) is 2. The number of carbonyl (C=O) groups is 1. The van der Waals surface area contributed by atoms with Crippen LogP contribution in [0.5, 0.6) is 5.88 Å². The second-order valence-corrected chi connectivity index (χ2v) is 9.89. The summed E-state index contributed by atoms with van der Waals surface area (Å²) in [5, 5.41) is 1.19. The van der Waals surface area contributed by atoms with Crippen molar-refractivity contribution in [3.05, 3.63) is 70.2 Å². The molecule has 0 unspecified atom stereocenters. The second-order valence-electron chi connectivity index (χ2n) is 9.51. The van der Waals surface area contributed by atoms with Crippen molar-refractivity contribution in [2.75, 3.05) is 13.2 Å². The van der Waals surface area contributed by atoms with Crippen molar-refractivity contribution in [2.45, 2.75) is 50.8 Å². The van der Waals surface area contributed by atoms with Gasteiger partial charge < -0.3 is 15.2 Å². The number of guanidine groups is 1. The van der Waals surface area contributed by atoms with Crippen LogP contribution in [0.15, 0.2) is 53.5 Å². The van der Waals surface area contributed by atoms with Gasteiger partial charge in [-0.1, -0.05) is 48.0 Å². The van der Waals surface area contributed by atoms with Gasteiger partial charge in [0.05, 0.1) is 17.5 Å². The number of benzene rings is 2. The monoisotopic (exact) mass is 528 g/mol. The molecule has 0 radical (unpaired) electrons. The molecular formula is C27H27ClF2N4O3. The zero-order valence-corrected chi connectivity index (χ0v) is 21.0. The van der Waals surface area contributed by atoms with Crippen LogP contribution in [0, 0.1) is 0 Å². The molecule has 194 valence electrons. The number of nitrogens with two attached hydrogens (primary N) is 1. The molecule has 0 saturated carbocycles. The maximum Gasteiger partial charge on any atom is 0.388 e. The van der Waals surface area contributed by atoms with Gasteiger partial charge in [0.15, 0.2) is 5.96 Å². The van der Waals surface area contributed by atoms with Crippen molar-refractivity contribution < 1.29 is 23.0 Å². The molecule has 3 heterocycles. The third kappa shape index (κ3) is 5.10. The van der Waals surface area contributed by atoms with Crippen molar-refractivity contribution in [1.29, 1.82) is 0 Å². The zero-order chi connectivity index (χ0) is 26.2. The predicted molar refractivity (Wildman–Crippen MR) is 137 cm³/mol. The summed E-state index contributed by atoms with van der Waals surface area (Å²) in [6, 6.07) is 14.4. The smallest absolute Gasteiger partial charge is 0.388 e. The van der Waals surface area contributed by atoms with Gasteiger partial charge in [-0.05, 0) is 43.0 Å². The summed E-state index contributed by atoms with van der Waals surface area (Å²) >= 11 is 6.88. The molecule has 0 spiro atoms. The number of aliphatic imine (C=N–C) groups is 1. The van der Waals surface area contributed by atoms with E-state index in [-0.39, 0.29) is 36.6 Å². The Hall–Kier alpha value is -3.30. The molecule has 2 aliphatic heterocycles. The van der Waals surface area contributed by atoms with Crippen LogP contribution in [0.2, 0.25) is 5.02 Å². The Morgan fingerprint density at radius 2 is 1.95 bits per heavy atom. The molecule has 3 aromatic rings. The zero-order valence-electron chi connectivity index (χ0n) is 20.3. The van der Waals surface area contributed by atoms with E-state index >= 15 is 0 Å². The van der Waals surface area contributed by atoms with E-state index in [9.17, 15) is 13.6 Å². The number of para-hydroxylation sites is 1. The van der Waals surface area contributed by atoms with Gasteiger partial charge in [-0.15, -0.1) is 0 Å². The van der Waals surface area contributed by atoms with Crippen LogP contribution in [-0.2, 0) is 21.5 Å². The number of fused-ring (bicyclic) bond motifs is 1. The molecule has 2 N–H and O–H groups in total. The number of aromatic nitrogens is 1. The number of carbonyl (C=O) groups excluding carboxylic acids is 1. The summed E-state index contributed by atoms with van der Waals surface area (Å²) in [5.74, 6) is -0.100. The number of rotatable bonds is 6. The van der Waals surface area contributed by atoms with Crippen LogP contribution in [0.25, 0.3) is 10.9 Å². The van der Waals surface area contributed by atoms with Crippen LogP contribution in [0.4, 0.5) is 8.78 Å². The quantitative estimate of drug-likeness (QED) is 0.485. The number of halogens is 3. The Morgan fingerprint density at radius 3 is 2.68 bits per heavy atom. The average Bonchev–Trinajstić information content (AvgIpc) is 2.85. The minimum absolute atomic E-state index is 0.0370. The number of amides is 1. The van der Waals surface area contributed by atoms with Crippen LogP contribution in [0.1, 0.15) is 42.9 Å². The summed E-state index contributed by atoms with van der Waals surface area (Å²) in [6.07, 6.45) is 1.71. The topological polar surface area (TPSA) is 90.0 Å². The molecule has 5 rings (SSSR count). The molecule has 1 atom stereocenters. The minimum atomic E-state index is -3.02. The summed E-state index contributed by atoms with van der Waals surface area (Å²) in [6.45, 7) is -0.0357. The van der Waals surface area contributed by atoms with Gasteiger partial charge in [0.1, 0.15) is 0 Å². The van der Waals surface area contributed by atoms with Crippen molar-refractivity contribution >= 4 is 34.4 Å². The van der Waals surface area contributed by atoms with Crippen molar-refractivity contribution in [2.24, 2.45) is 10.7 Å². The Morgan fingerprint density at radius 1 is 1.19 bits per heavy atom. The summed E-state index contributed by atoms with van der Waals surface area (Å²) in [7, 11) is 0. The summed E-state index contributed by atoms with van der Waals surface area (Å²) < 4.78 is 36.5. The largest absolute Gasteiger partial charge is 0.417 e. The molecule has 2 aliphatic rings. The summed E-state index contributed by atoms with van der Waals surface area (Å²) in [5.41, 5.74) is 7.68. The number of hydrogen-bond donors (Lipinski definition) is 1. The van der Waals surface area contributed by atoms with Crippen LogP contribution < -0.4 is 10.5 Å². The molecule has 1 fully saturated rings. The molecule has 37 heavy (non-hydrogen) atoms. The van der Waals surface area contributed by atoms with Gasteiger partial charge in [-0.3, -0.25) is 9.69 Å². The van der Waals surface area contributed by atoms with E-state index in [0.717, 1.165) is 5.39 Å². The molecule has 1 saturated heterocycles. The van der Waals surface area contributed by atoms with Crippen LogP contribution in [-0.4, -0.2) is 47.6 Å². The lowest BCUT2D eigenvalue weighted by Crippen LogP contribution is -2.55. The van der Waals surface area contributed by atoms with E-state index in [1.165, 1.54) is 0 Å². The van der Waals surface area contributed by atoms with Gasteiger partial charge in [0.25, 0.3) is 0 Å². The molecule has 1 aromatic heterocycles. The first kappa shape index (κ1) is 25.4. The van der Waals surface area contributed by atoms with Crippen molar-refractivity contribution in [3.8, 4) is 5.88 Å². The lowest BCUT2D eigenvalue weighted by molar-refractivity contribution is -0.132. The maximum atomic E-state index is 13.2. The minimum Gasteiger partial charge on any atom is -0.417 e. The van der Waals surface area contributed by atoms with E-state index in [1.54, 1.807) is 23.1 Å². The highest BCUT2D eigenvalue weighted by atomic mass is 35.5. The predicted octanol–water partition coefficient (Wildman–Crippen LogP) is 5.02. The fourth-order valence-corrected chi connectivity index (χ4v) is 5.53. The Bertz CT molecular complexity index is 1360. The van der Waals surface area contributed by atoms with Crippen LogP contribution in [0.3, 0.4) is 0 Å². The lowest BCUT2D eigenvalue weighted by atomic mass is 9.85. The van der Waals surface area contributed by atoms with E-state index < -0.39 is 12.2 Å². The molecular weight excluding hydrogens is 502 g/mol. The number of nitrogens with zero attached hydrogens (tertiary/aromatic N) is 3. The molecule has 2 aromatic carbocycles. The van der Waals surface area contributed by atoms with Gasteiger partial charge in [0.2, 0.25) is 11.8 Å². The molecule has 1 amide bonds. The second kappa shape index (κ2) is 10.2. The third-order valence-electron chi connectivity index (χ3n) is 6.93. The van der Waals surface area contributed by atoms with Gasteiger partial charge >= 0.3 is 6.61 Å². The Balaban J connectivity index is 1.49. The lowest BCUT2D eigenvalue weighted by Gasteiger charge is -2.40. The van der Waals surface area contributed by atoms with E-state index in [2.05, 4.69) is 4.98 Å². The Labute approximate surface area is 218 Å². The van der Waals surface area contributed by atoms with Crippen LogP contribution >= 0.6 is 11.6 Å². The number of alkyl halides is 2. The van der Waals surface area contributed by atoms with Crippen molar-refractivity contribution in [3.63, 3.8) is 0 Å². The summed E-state index contributed by atoms with van der Waals surface area (Å²) in [4.78, 5) is 23.9. The van der Waals surface area contributed by atoms with E-state index in [4.69, 9.17) is 31.8 Å². The first-order valence-corrected chi connectivity index (χ1v) is 12.5. The number of hydrogen-bond acceptors (Lipinski definition) is 6.